The molecule has 1 aromatic rings. The maximum atomic E-state index is 11.9. The fourth-order valence-electron chi connectivity index (χ4n) is 1.87. The fourth-order valence-corrected chi connectivity index (χ4v) is 1.87. The quantitative estimate of drug-likeness (QED) is 0.730. The predicted molar refractivity (Wildman–Crippen MR) is 73.3 cm³/mol. The smallest absolute Gasteiger partial charge is 0.256 e. The molecule has 1 amide bonds. The third-order valence-electron chi connectivity index (χ3n) is 3.10. The number of nitrogens with zero attached hydrogens (tertiary/aromatic N) is 2. The Bertz CT molecular complexity index is 386. The van der Waals surface area contributed by atoms with E-state index < -0.39 is 0 Å². The summed E-state index contributed by atoms with van der Waals surface area (Å²) < 4.78 is 1.50. The summed E-state index contributed by atoms with van der Waals surface area (Å²) in [5.74, 6) is 0.272. The van der Waals surface area contributed by atoms with Gasteiger partial charge in [-0.1, -0.05) is 32.6 Å². The van der Waals surface area contributed by atoms with Crippen LogP contribution in [0.2, 0.25) is 0 Å². The first-order chi connectivity index (χ1) is 8.56. The first-order valence-corrected chi connectivity index (χ1v) is 6.64. The van der Waals surface area contributed by atoms with Crippen molar-refractivity contribution in [3.63, 3.8) is 0 Å². The maximum Gasteiger partial charge on any atom is 0.256 e. The minimum atomic E-state index is -0.136. The Morgan fingerprint density at radius 1 is 1.50 bits per heavy atom. The fraction of sp³-hybridized carbons (Fsp3) is 0.692. The van der Waals surface area contributed by atoms with Crippen molar-refractivity contribution in [2.75, 3.05) is 5.73 Å². The number of nitrogen functional groups attached to an aromatic ring is 1. The van der Waals surface area contributed by atoms with Crippen molar-refractivity contribution in [1.82, 2.24) is 15.1 Å². The molecule has 0 radical (unpaired) electrons. The normalized spacial score (nSPS) is 12.4. The molecule has 5 heteroatoms. The number of hydrogen-bond acceptors (Lipinski definition) is 3. The lowest BCUT2D eigenvalue weighted by Crippen LogP contribution is -2.32. The number of amides is 1. The molecule has 1 aromatic heterocycles. The lowest BCUT2D eigenvalue weighted by molar-refractivity contribution is 0.0938. The van der Waals surface area contributed by atoms with Gasteiger partial charge in [0.1, 0.15) is 11.4 Å². The summed E-state index contributed by atoms with van der Waals surface area (Å²) in [4.78, 5) is 11.9. The largest absolute Gasteiger partial charge is 0.383 e. The number of unbranched alkanes of at least 4 members (excludes halogenated alkanes) is 3. The second kappa shape index (κ2) is 7.03. The van der Waals surface area contributed by atoms with Crippen molar-refractivity contribution >= 4 is 11.7 Å². The van der Waals surface area contributed by atoms with Crippen LogP contribution >= 0.6 is 0 Å². The predicted octanol–water partition coefficient (Wildman–Crippen LogP) is 2.09. The van der Waals surface area contributed by atoms with Crippen molar-refractivity contribution < 1.29 is 4.79 Å². The molecule has 5 nitrogen and oxygen atoms in total. The van der Waals surface area contributed by atoms with Gasteiger partial charge in [-0.05, 0) is 13.3 Å². The van der Waals surface area contributed by atoms with Crippen LogP contribution in [0.4, 0.5) is 5.82 Å². The van der Waals surface area contributed by atoms with Crippen LogP contribution in [0.5, 0.6) is 0 Å². The standard InChI is InChI=1S/C13H24N4O/c1-4-5-6-7-8-10(2)16-13(18)11-9-15-17(3)12(11)14/h9-10H,4-8,14H2,1-3H3,(H,16,18). The van der Waals surface area contributed by atoms with Crippen molar-refractivity contribution in [2.24, 2.45) is 7.05 Å². The number of carbonyl (C=O) groups is 1. The Labute approximate surface area is 109 Å². The summed E-state index contributed by atoms with van der Waals surface area (Å²) in [6, 6.07) is 0.175. The van der Waals surface area contributed by atoms with Crippen molar-refractivity contribution in [1.29, 1.82) is 0 Å². The van der Waals surface area contributed by atoms with Gasteiger partial charge in [0.2, 0.25) is 0 Å². The van der Waals surface area contributed by atoms with Gasteiger partial charge >= 0.3 is 0 Å². The summed E-state index contributed by atoms with van der Waals surface area (Å²) in [7, 11) is 1.72. The average Bonchev–Trinajstić information content (AvgIpc) is 2.66. The van der Waals surface area contributed by atoms with Gasteiger partial charge in [-0.2, -0.15) is 5.10 Å². The Kier molecular flexibility index (Phi) is 5.68. The zero-order valence-corrected chi connectivity index (χ0v) is 11.6. The number of aromatic nitrogens is 2. The molecule has 1 heterocycles. The third-order valence-corrected chi connectivity index (χ3v) is 3.10. The average molecular weight is 252 g/mol. The molecule has 102 valence electrons. The van der Waals surface area contributed by atoms with Crippen LogP contribution in [0.25, 0.3) is 0 Å². The molecule has 0 bridgehead atoms. The first kappa shape index (κ1) is 14.5. The van der Waals surface area contributed by atoms with E-state index in [2.05, 4.69) is 17.3 Å². The van der Waals surface area contributed by atoms with Crippen molar-refractivity contribution in [3.8, 4) is 0 Å². The highest BCUT2D eigenvalue weighted by Crippen LogP contribution is 2.10. The summed E-state index contributed by atoms with van der Waals surface area (Å²) in [5.41, 5.74) is 6.21. The monoisotopic (exact) mass is 252 g/mol. The molecule has 1 rings (SSSR count). The van der Waals surface area contributed by atoms with E-state index in [4.69, 9.17) is 5.73 Å². The number of nitrogens with two attached hydrogens (primary N) is 1. The highest BCUT2D eigenvalue weighted by molar-refractivity contribution is 5.98. The molecule has 1 atom stereocenters. The molecule has 0 aliphatic rings. The number of nitrogens with one attached hydrogen (secondary N) is 1. The van der Waals surface area contributed by atoms with Gasteiger partial charge in [0.05, 0.1) is 6.20 Å². The highest BCUT2D eigenvalue weighted by Gasteiger charge is 2.15. The van der Waals surface area contributed by atoms with Crippen LogP contribution < -0.4 is 11.1 Å². The second-order valence-corrected chi connectivity index (χ2v) is 4.79. The molecule has 0 fully saturated rings. The van der Waals surface area contributed by atoms with Crippen LogP contribution in [0.3, 0.4) is 0 Å². The molecule has 0 spiro atoms. The van der Waals surface area contributed by atoms with Gasteiger partial charge < -0.3 is 11.1 Å². The number of hydrogen-bond donors (Lipinski definition) is 2. The van der Waals surface area contributed by atoms with E-state index in [1.807, 2.05) is 6.92 Å². The van der Waals surface area contributed by atoms with E-state index in [0.717, 1.165) is 12.8 Å². The molecule has 18 heavy (non-hydrogen) atoms. The van der Waals surface area contributed by atoms with Crippen LogP contribution in [0.15, 0.2) is 6.20 Å². The van der Waals surface area contributed by atoms with E-state index >= 15 is 0 Å². The molecule has 3 N–H and O–H groups in total. The maximum absolute atomic E-state index is 11.9. The molecule has 0 saturated heterocycles. The zero-order chi connectivity index (χ0) is 13.5. The lowest BCUT2D eigenvalue weighted by atomic mass is 10.1. The SMILES string of the molecule is CCCCCCC(C)NC(=O)c1cnn(C)c1N. The Hall–Kier alpha value is -1.52. The molecular formula is C13H24N4O. The third kappa shape index (κ3) is 4.05. The van der Waals surface area contributed by atoms with Gasteiger partial charge in [-0.25, -0.2) is 0 Å². The zero-order valence-electron chi connectivity index (χ0n) is 11.6. The molecule has 0 aliphatic carbocycles. The Morgan fingerprint density at radius 2 is 2.22 bits per heavy atom. The number of aryl methyl sites for hydroxylation is 1. The van der Waals surface area contributed by atoms with Gasteiger partial charge in [0.15, 0.2) is 0 Å². The van der Waals surface area contributed by atoms with Crippen molar-refractivity contribution in [3.05, 3.63) is 11.8 Å². The highest BCUT2D eigenvalue weighted by atomic mass is 16.1. The minimum Gasteiger partial charge on any atom is -0.383 e. The molecular weight excluding hydrogens is 228 g/mol. The summed E-state index contributed by atoms with van der Waals surface area (Å²) >= 11 is 0. The minimum absolute atomic E-state index is 0.136. The first-order valence-electron chi connectivity index (χ1n) is 6.64. The summed E-state index contributed by atoms with van der Waals surface area (Å²) in [5, 5.41) is 6.92. The van der Waals surface area contributed by atoms with E-state index in [-0.39, 0.29) is 11.9 Å². The number of anilines is 1. The number of rotatable bonds is 7. The van der Waals surface area contributed by atoms with E-state index in [1.54, 1.807) is 7.05 Å². The molecule has 0 aromatic carbocycles. The van der Waals surface area contributed by atoms with Gasteiger partial charge in [0.25, 0.3) is 5.91 Å². The molecule has 1 unspecified atom stereocenters. The summed E-state index contributed by atoms with van der Waals surface area (Å²) in [6.07, 6.45) is 7.38. The second-order valence-electron chi connectivity index (χ2n) is 4.79. The van der Waals surface area contributed by atoms with E-state index in [9.17, 15) is 4.79 Å². The van der Waals surface area contributed by atoms with Gasteiger partial charge in [-0.3, -0.25) is 9.48 Å². The number of carbonyl (C=O) groups excluding carboxylic acids is 1. The van der Waals surface area contributed by atoms with E-state index in [0.29, 0.717) is 11.4 Å². The van der Waals surface area contributed by atoms with Crippen LogP contribution in [-0.2, 0) is 7.05 Å². The van der Waals surface area contributed by atoms with E-state index in [1.165, 1.54) is 30.1 Å². The van der Waals surface area contributed by atoms with Crippen molar-refractivity contribution in [2.45, 2.75) is 52.0 Å². The molecule has 0 aliphatic heterocycles. The van der Waals surface area contributed by atoms with Crippen LogP contribution in [0.1, 0.15) is 56.3 Å². The van der Waals surface area contributed by atoms with Gasteiger partial charge in [0, 0.05) is 13.1 Å². The summed E-state index contributed by atoms with van der Waals surface area (Å²) in [6.45, 7) is 4.22. The topological polar surface area (TPSA) is 72.9 Å². The van der Waals surface area contributed by atoms with Crippen LogP contribution in [0, 0.1) is 0 Å². The van der Waals surface area contributed by atoms with Crippen LogP contribution in [-0.4, -0.2) is 21.7 Å². The lowest BCUT2D eigenvalue weighted by Gasteiger charge is -2.13. The van der Waals surface area contributed by atoms with Gasteiger partial charge in [-0.15, -0.1) is 0 Å². The Balaban J connectivity index is 2.38. The molecule has 0 saturated carbocycles. The Morgan fingerprint density at radius 3 is 2.78 bits per heavy atom.